The van der Waals surface area contributed by atoms with E-state index in [9.17, 15) is 4.79 Å². The summed E-state index contributed by atoms with van der Waals surface area (Å²) in [6.07, 6.45) is 7.58. The standard InChI is InChI=1S/C17H18Br2N2OS2/c1-23-15-5-3-11(9-20-15)13(7-18)17(22)14(8-19)12-4-6-16(24-2)21-10-12/h3-6,9-10,13-14H,7-8H2,1-2H3. The van der Waals surface area contributed by atoms with Crippen molar-refractivity contribution in [1.82, 2.24) is 9.97 Å². The molecule has 3 nitrogen and oxygen atoms in total. The van der Waals surface area contributed by atoms with E-state index in [2.05, 4.69) is 41.8 Å². The Morgan fingerprint density at radius 2 is 1.33 bits per heavy atom. The molecule has 2 atom stereocenters. The summed E-state index contributed by atoms with van der Waals surface area (Å²) in [4.78, 5) is 21.9. The highest BCUT2D eigenvalue weighted by Gasteiger charge is 2.28. The molecule has 2 unspecified atom stereocenters. The van der Waals surface area contributed by atoms with Crippen LogP contribution in [0.5, 0.6) is 0 Å². The molecule has 2 aromatic rings. The largest absolute Gasteiger partial charge is 0.298 e. The van der Waals surface area contributed by atoms with Crippen molar-refractivity contribution in [3.05, 3.63) is 47.8 Å². The van der Waals surface area contributed by atoms with E-state index in [1.54, 1.807) is 35.9 Å². The van der Waals surface area contributed by atoms with Crippen LogP contribution in [-0.4, -0.2) is 38.9 Å². The van der Waals surface area contributed by atoms with Crippen molar-refractivity contribution < 1.29 is 4.79 Å². The van der Waals surface area contributed by atoms with Crippen molar-refractivity contribution >= 4 is 61.2 Å². The molecule has 0 aliphatic heterocycles. The Bertz CT molecular complexity index is 608. The van der Waals surface area contributed by atoms with E-state index >= 15 is 0 Å². The zero-order valence-electron chi connectivity index (χ0n) is 13.4. The normalized spacial score (nSPS) is 13.5. The summed E-state index contributed by atoms with van der Waals surface area (Å²) >= 11 is 10.2. The van der Waals surface area contributed by atoms with Gasteiger partial charge in [-0.3, -0.25) is 4.79 Å². The molecule has 0 amide bonds. The number of hydrogen-bond donors (Lipinski definition) is 0. The molecule has 24 heavy (non-hydrogen) atoms. The van der Waals surface area contributed by atoms with Crippen molar-refractivity contribution in [2.24, 2.45) is 0 Å². The lowest BCUT2D eigenvalue weighted by atomic mass is 9.87. The third-order valence-corrected chi connectivity index (χ3v) is 6.35. The molecule has 2 aromatic heterocycles. The molecule has 0 N–H and O–H groups in total. The smallest absolute Gasteiger partial charge is 0.149 e. The first kappa shape index (κ1) is 19.9. The highest BCUT2D eigenvalue weighted by atomic mass is 79.9. The van der Waals surface area contributed by atoms with Gasteiger partial charge < -0.3 is 0 Å². The van der Waals surface area contributed by atoms with Crippen LogP contribution in [0, 0.1) is 0 Å². The molecule has 0 saturated heterocycles. The predicted octanol–water partition coefficient (Wildman–Crippen LogP) is 5.15. The lowest BCUT2D eigenvalue weighted by Crippen LogP contribution is -2.23. The predicted molar refractivity (Wildman–Crippen MR) is 110 cm³/mol. The van der Waals surface area contributed by atoms with E-state index in [0.717, 1.165) is 21.2 Å². The van der Waals surface area contributed by atoms with E-state index in [4.69, 9.17) is 0 Å². The van der Waals surface area contributed by atoms with Crippen molar-refractivity contribution in [3.63, 3.8) is 0 Å². The summed E-state index contributed by atoms with van der Waals surface area (Å²) in [6.45, 7) is 0. The van der Waals surface area contributed by atoms with E-state index in [1.165, 1.54) is 0 Å². The van der Waals surface area contributed by atoms with Gasteiger partial charge in [0.15, 0.2) is 0 Å². The van der Waals surface area contributed by atoms with Gasteiger partial charge in [0, 0.05) is 23.1 Å². The highest BCUT2D eigenvalue weighted by molar-refractivity contribution is 9.09. The number of alkyl halides is 2. The fraction of sp³-hybridized carbons (Fsp3) is 0.353. The van der Waals surface area contributed by atoms with Crippen LogP contribution in [0.4, 0.5) is 0 Å². The Labute approximate surface area is 168 Å². The number of Topliss-reactive ketones (excluding diaryl/α,β-unsaturated/α-hetero) is 1. The van der Waals surface area contributed by atoms with Gasteiger partial charge in [-0.05, 0) is 35.8 Å². The molecule has 0 bridgehead atoms. The molecule has 128 valence electrons. The van der Waals surface area contributed by atoms with Crippen LogP contribution >= 0.6 is 55.4 Å². The van der Waals surface area contributed by atoms with Gasteiger partial charge in [0.2, 0.25) is 0 Å². The molecule has 0 aliphatic rings. The average Bonchev–Trinajstić information content (AvgIpc) is 2.64. The van der Waals surface area contributed by atoms with Gasteiger partial charge in [-0.15, -0.1) is 23.5 Å². The summed E-state index contributed by atoms with van der Waals surface area (Å²) in [6, 6.07) is 7.90. The number of rotatable bonds is 8. The average molecular weight is 490 g/mol. The monoisotopic (exact) mass is 488 g/mol. The van der Waals surface area contributed by atoms with Gasteiger partial charge in [0.1, 0.15) is 5.78 Å². The zero-order chi connectivity index (χ0) is 17.5. The fourth-order valence-corrected chi connectivity index (χ4v) is 4.45. The van der Waals surface area contributed by atoms with Crippen molar-refractivity contribution in [2.75, 3.05) is 23.2 Å². The molecule has 0 fully saturated rings. The molecule has 0 aliphatic carbocycles. The van der Waals surface area contributed by atoms with Gasteiger partial charge >= 0.3 is 0 Å². The Balaban J connectivity index is 2.25. The van der Waals surface area contributed by atoms with Crippen LogP contribution in [0.3, 0.4) is 0 Å². The second-order valence-electron chi connectivity index (χ2n) is 5.08. The molecule has 0 spiro atoms. The molecule has 0 aromatic carbocycles. The van der Waals surface area contributed by atoms with Crippen LogP contribution < -0.4 is 0 Å². The maximum Gasteiger partial charge on any atom is 0.149 e. The number of halogens is 2. The van der Waals surface area contributed by atoms with E-state index < -0.39 is 0 Å². The first-order valence-corrected chi connectivity index (χ1v) is 12.0. The van der Waals surface area contributed by atoms with Crippen molar-refractivity contribution in [3.8, 4) is 0 Å². The van der Waals surface area contributed by atoms with Crippen LogP contribution in [0.15, 0.2) is 46.7 Å². The molecule has 2 rings (SSSR count). The topological polar surface area (TPSA) is 42.9 Å². The molecule has 0 radical (unpaired) electrons. The number of pyridine rings is 2. The van der Waals surface area contributed by atoms with E-state index in [1.807, 2.05) is 36.8 Å². The number of carbonyl (C=O) groups is 1. The van der Waals surface area contributed by atoms with Crippen molar-refractivity contribution in [1.29, 1.82) is 0 Å². The fourth-order valence-electron chi connectivity index (χ4n) is 2.34. The lowest BCUT2D eigenvalue weighted by Gasteiger charge is -2.20. The summed E-state index contributed by atoms with van der Waals surface area (Å²) in [5.41, 5.74) is 1.88. The van der Waals surface area contributed by atoms with Gasteiger partial charge in [-0.25, -0.2) is 9.97 Å². The third-order valence-electron chi connectivity index (χ3n) is 3.74. The number of thioether (sulfide) groups is 2. The van der Waals surface area contributed by atoms with Gasteiger partial charge in [0.25, 0.3) is 0 Å². The quantitative estimate of drug-likeness (QED) is 0.379. The Kier molecular flexibility index (Phi) is 8.27. The van der Waals surface area contributed by atoms with Crippen molar-refractivity contribution in [2.45, 2.75) is 21.9 Å². The lowest BCUT2D eigenvalue weighted by molar-refractivity contribution is -0.121. The first-order chi connectivity index (χ1) is 11.6. The minimum Gasteiger partial charge on any atom is -0.298 e. The third kappa shape index (κ3) is 4.84. The summed E-state index contributed by atoms with van der Waals surface area (Å²) in [5.74, 6) is -0.284. The minimum absolute atomic E-state index is 0.168. The molecular weight excluding hydrogens is 472 g/mol. The highest BCUT2D eigenvalue weighted by Crippen LogP contribution is 2.30. The van der Waals surface area contributed by atoms with Crippen LogP contribution in [-0.2, 0) is 4.79 Å². The van der Waals surface area contributed by atoms with Gasteiger partial charge in [-0.2, -0.15) is 0 Å². The number of ketones is 1. The number of aromatic nitrogens is 2. The molecular formula is C17H18Br2N2OS2. The second-order valence-corrected chi connectivity index (χ2v) is 8.03. The van der Waals surface area contributed by atoms with Gasteiger partial charge in [0.05, 0.1) is 21.9 Å². The molecule has 7 heteroatoms. The number of nitrogens with zero attached hydrogens (tertiary/aromatic N) is 2. The Morgan fingerprint density at radius 3 is 1.58 bits per heavy atom. The maximum absolute atomic E-state index is 13.1. The minimum atomic E-state index is -0.226. The SMILES string of the molecule is CSc1ccc(C(CBr)C(=O)C(CBr)c2ccc(SC)nc2)cn1. The molecule has 2 heterocycles. The summed E-state index contributed by atoms with van der Waals surface area (Å²) < 4.78 is 0. The van der Waals surface area contributed by atoms with E-state index in [0.29, 0.717) is 10.7 Å². The van der Waals surface area contributed by atoms with Crippen LogP contribution in [0.25, 0.3) is 0 Å². The Morgan fingerprint density at radius 1 is 0.917 bits per heavy atom. The zero-order valence-corrected chi connectivity index (χ0v) is 18.2. The Hall–Kier alpha value is -0.370. The van der Waals surface area contributed by atoms with Crippen LogP contribution in [0.2, 0.25) is 0 Å². The van der Waals surface area contributed by atoms with Crippen LogP contribution in [0.1, 0.15) is 23.0 Å². The summed E-state index contributed by atoms with van der Waals surface area (Å²) in [7, 11) is 0. The first-order valence-electron chi connectivity index (χ1n) is 7.30. The second kappa shape index (κ2) is 9.94. The molecule has 0 saturated carbocycles. The number of hydrogen-bond acceptors (Lipinski definition) is 5. The van der Waals surface area contributed by atoms with E-state index in [-0.39, 0.29) is 17.6 Å². The maximum atomic E-state index is 13.1. The van der Waals surface area contributed by atoms with Gasteiger partial charge in [-0.1, -0.05) is 44.0 Å². The number of carbonyl (C=O) groups excluding carboxylic acids is 1. The summed E-state index contributed by atoms with van der Waals surface area (Å²) in [5, 5.41) is 3.06.